The Hall–Kier alpha value is -0.870. The molecule has 0 bridgehead atoms. The van der Waals surface area contributed by atoms with Crippen LogP contribution in [-0.4, -0.2) is 35.0 Å². The highest BCUT2D eigenvalue weighted by Crippen LogP contribution is 2.81. The van der Waals surface area contributed by atoms with E-state index in [0.29, 0.717) is 29.8 Å². The van der Waals surface area contributed by atoms with Crippen LogP contribution in [0, 0.1) is 28.6 Å². The first kappa shape index (κ1) is 17.0. The third-order valence-corrected chi connectivity index (χ3v) is 10.3. The Bertz CT molecular complexity index is 745. The van der Waals surface area contributed by atoms with Gasteiger partial charge in [0, 0.05) is 11.5 Å². The second kappa shape index (κ2) is 4.99. The number of fused-ring (bicyclic) bond motifs is 2. The quantitative estimate of drug-likeness (QED) is 0.562. The molecule has 2 unspecified atom stereocenters. The SMILES string of the molecule is C[C@]12CC[C@H](O)C[C@H]1CCC13O[C@@]14CC[C@H](C1=CC(=O)OC1)[C@@]4(C)CCC32. The molecule has 4 heteroatoms. The standard InChI is InChI=1S/C23H32O4/c1-20-7-4-16(24)12-15(20)3-9-22-18(20)6-8-21(2)17(5-10-23(21,22)27-22)14-11-19(25)26-13-14/h11,15-18,24H,3-10,12-13H2,1-2H3/t15-,16+,17-,18?,20+,21-,22?,23-/m1/s1. The molecule has 8 atom stereocenters. The maximum Gasteiger partial charge on any atom is 0.331 e. The van der Waals surface area contributed by atoms with E-state index in [0.717, 1.165) is 32.1 Å². The van der Waals surface area contributed by atoms with Crippen LogP contribution < -0.4 is 0 Å². The van der Waals surface area contributed by atoms with Crippen LogP contribution in [-0.2, 0) is 14.3 Å². The van der Waals surface area contributed by atoms with E-state index in [9.17, 15) is 9.90 Å². The molecule has 0 aromatic carbocycles. The van der Waals surface area contributed by atoms with Crippen molar-refractivity contribution in [2.24, 2.45) is 28.6 Å². The van der Waals surface area contributed by atoms with E-state index >= 15 is 0 Å². The van der Waals surface area contributed by atoms with Gasteiger partial charge in [0.2, 0.25) is 0 Å². The lowest BCUT2D eigenvalue weighted by molar-refractivity contribution is -0.135. The Morgan fingerprint density at radius 2 is 1.93 bits per heavy atom. The first-order valence-corrected chi connectivity index (χ1v) is 11.1. The number of esters is 1. The van der Waals surface area contributed by atoms with E-state index in [4.69, 9.17) is 9.47 Å². The summed E-state index contributed by atoms with van der Waals surface area (Å²) >= 11 is 0. The highest BCUT2D eigenvalue weighted by Gasteiger charge is 2.86. The number of carbonyl (C=O) groups excluding carboxylic acids is 1. The molecule has 5 fully saturated rings. The number of carbonyl (C=O) groups is 1. The number of ether oxygens (including phenoxy) is 2. The van der Waals surface area contributed by atoms with Crippen molar-refractivity contribution in [2.75, 3.05) is 6.61 Å². The first-order chi connectivity index (χ1) is 12.8. The van der Waals surface area contributed by atoms with Crippen LogP contribution in [0.3, 0.4) is 0 Å². The van der Waals surface area contributed by atoms with Crippen molar-refractivity contribution in [3.05, 3.63) is 11.6 Å². The maximum absolute atomic E-state index is 11.7. The molecule has 0 amide bonds. The lowest BCUT2D eigenvalue weighted by Crippen LogP contribution is -2.58. The average molecular weight is 373 g/mol. The Kier molecular flexibility index (Phi) is 3.15. The predicted octanol–water partition coefficient (Wildman–Crippen LogP) is 3.76. The van der Waals surface area contributed by atoms with Crippen molar-refractivity contribution in [3.63, 3.8) is 0 Å². The number of aliphatic hydroxyl groups excluding tert-OH is 1. The average Bonchev–Trinajstić information content (AvgIpc) is 2.94. The minimum atomic E-state index is -0.163. The van der Waals surface area contributed by atoms with Gasteiger partial charge in [-0.2, -0.15) is 0 Å². The smallest absolute Gasteiger partial charge is 0.331 e. The van der Waals surface area contributed by atoms with E-state index in [1.807, 2.05) is 0 Å². The van der Waals surface area contributed by atoms with Crippen LogP contribution in [0.15, 0.2) is 11.6 Å². The molecule has 27 heavy (non-hydrogen) atoms. The van der Waals surface area contributed by atoms with E-state index in [1.165, 1.54) is 31.3 Å². The fourth-order valence-corrected chi connectivity index (χ4v) is 8.95. The highest BCUT2D eigenvalue weighted by atomic mass is 16.6. The van der Waals surface area contributed by atoms with E-state index in [-0.39, 0.29) is 28.7 Å². The van der Waals surface area contributed by atoms with Gasteiger partial charge in [-0.15, -0.1) is 0 Å². The molecule has 148 valence electrons. The van der Waals surface area contributed by atoms with Crippen LogP contribution in [0.2, 0.25) is 0 Å². The molecule has 1 N–H and O–H groups in total. The second-order valence-electron chi connectivity index (χ2n) is 10.9. The number of hydrogen-bond donors (Lipinski definition) is 1. The number of aliphatic hydroxyl groups is 1. The Labute approximate surface area is 161 Å². The van der Waals surface area contributed by atoms with Crippen molar-refractivity contribution in [2.45, 2.75) is 88.9 Å². The Balaban J connectivity index is 1.36. The first-order valence-electron chi connectivity index (χ1n) is 11.1. The third kappa shape index (κ3) is 1.81. The number of hydrogen-bond acceptors (Lipinski definition) is 4. The van der Waals surface area contributed by atoms with Crippen molar-refractivity contribution in [1.29, 1.82) is 0 Å². The zero-order valence-electron chi connectivity index (χ0n) is 16.6. The van der Waals surface area contributed by atoms with E-state index in [1.54, 1.807) is 6.08 Å². The van der Waals surface area contributed by atoms with Crippen LogP contribution in [0.4, 0.5) is 0 Å². The molecular formula is C23H32O4. The van der Waals surface area contributed by atoms with Crippen molar-refractivity contribution in [1.82, 2.24) is 0 Å². The van der Waals surface area contributed by atoms with Crippen LogP contribution in [0.25, 0.3) is 0 Å². The Morgan fingerprint density at radius 3 is 2.70 bits per heavy atom. The van der Waals surface area contributed by atoms with Gasteiger partial charge < -0.3 is 14.6 Å². The molecule has 1 saturated heterocycles. The fourth-order valence-electron chi connectivity index (χ4n) is 8.95. The lowest BCUT2D eigenvalue weighted by atomic mass is 9.44. The molecule has 6 rings (SSSR count). The summed E-state index contributed by atoms with van der Waals surface area (Å²) in [5.41, 5.74) is 1.76. The zero-order chi connectivity index (χ0) is 18.7. The van der Waals surface area contributed by atoms with Gasteiger partial charge in [0.05, 0.1) is 6.10 Å². The highest BCUT2D eigenvalue weighted by molar-refractivity contribution is 5.85. The van der Waals surface area contributed by atoms with Gasteiger partial charge in [-0.25, -0.2) is 4.79 Å². The van der Waals surface area contributed by atoms with Gasteiger partial charge in [0.15, 0.2) is 0 Å². The summed E-state index contributed by atoms with van der Waals surface area (Å²) in [5.74, 6) is 1.56. The summed E-state index contributed by atoms with van der Waals surface area (Å²) in [5, 5.41) is 10.2. The normalized spacial score (nSPS) is 58.5. The van der Waals surface area contributed by atoms with Gasteiger partial charge in [-0.1, -0.05) is 13.8 Å². The van der Waals surface area contributed by atoms with Crippen molar-refractivity contribution < 1.29 is 19.4 Å². The third-order valence-electron chi connectivity index (χ3n) is 10.3. The molecule has 4 nitrogen and oxygen atoms in total. The monoisotopic (exact) mass is 372 g/mol. The molecule has 2 heterocycles. The Morgan fingerprint density at radius 1 is 1.07 bits per heavy atom. The molecule has 0 aromatic rings. The summed E-state index contributed by atoms with van der Waals surface area (Å²) < 4.78 is 12.2. The molecule has 4 aliphatic carbocycles. The molecule has 6 aliphatic rings. The topological polar surface area (TPSA) is 59.1 Å². The van der Waals surface area contributed by atoms with Crippen LogP contribution >= 0.6 is 0 Å². The number of rotatable bonds is 1. The van der Waals surface area contributed by atoms with Crippen LogP contribution in [0.1, 0.15) is 71.6 Å². The molecule has 0 radical (unpaired) electrons. The zero-order valence-corrected chi connectivity index (χ0v) is 16.6. The molecular weight excluding hydrogens is 340 g/mol. The maximum atomic E-state index is 11.7. The summed E-state index contributed by atoms with van der Waals surface area (Å²) in [6, 6.07) is 0. The minimum Gasteiger partial charge on any atom is -0.458 e. The van der Waals surface area contributed by atoms with Gasteiger partial charge in [0.25, 0.3) is 0 Å². The molecule has 4 saturated carbocycles. The van der Waals surface area contributed by atoms with Crippen molar-refractivity contribution in [3.8, 4) is 0 Å². The minimum absolute atomic E-state index is 0.0180. The summed E-state index contributed by atoms with van der Waals surface area (Å²) in [7, 11) is 0. The fraction of sp³-hybridized carbons (Fsp3) is 0.870. The second-order valence-corrected chi connectivity index (χ2v) is 10.9. The molecule has 2 spiro atoms. The van der Waals surface area contributed by atoms with E-state index < -0.39 is 0 Å². The van der Waals surface area contributed by atoms with Gasteiger partial charge in [0.1, 0.15) is 17.8 Å². The van der Waals surface area contributed by atoms with Crippen molar-refractivity contribution >= 4 is 5.97 Å². The molecule has 2 aliphatic heterocycles. The van der Waals surface area contributed by atoms with Gasteiger partial charge in [-0.05, 0) is 86.5 Å². The number of epoxide rings is 1. The summed E-state index contributed by atoms with van der Waals surface area (Å²) in [6.45, 7) is 5.44. The van der Waals surface area contributed by atoms with Gasteiger partial charge in [-0.3, -0.25) is 0 Å². The molecule has 0 aromatic heterocycles. The predicted molar refractivity (Wildman–Crippen MR) is 99.8 cm³/mol. The largest absolute Gasteiger partial charge is 0.458 e. The summed E-state index contributed by atoms with van der Waals surface area (Å²) in [4.78, 5) is 11.7. The lowest BCUT2D eigenvalue weighted by Gasteiger charge is -2.58. The van der Waals surface area contributed by atoms with Gasteiger partial charge >= 0.3 is 5.97 Å². The van der Waals surface area contributed by atoms with Crippen LogP contribution in [0.5, 0.6) is 0 Å². The van der Waals surface area contributed by atoms with E-state index in [2.05, 4.69) is 13.8 Å². The summed E-state index contributed by atoms with van der Waals surface area (Å²) in [6.07, 6.45) is 11.8. The number of cyclic esters (lactones) is 1.